The molecule has 2 heterocycles. The van der Waals surface area contributed by atoms with Crippen molar-refractivity contribution in [2.24, 2.45) is 10.7 Å². The number of carbonyl (C=O) groups is 1. The van der Waals surface area contributed by atoms with Gasteiger partial charge in [0.2, 0.25) is 5.75 Å². The number of nitrogens with zero attached hydrogens (tertiary/aromatic N) is 3. The first-order valence-electron chi connectivity index (χ1n) is 7.91. The van der Waals surface area contributed by atoms with Gasteiger partial charge in [-0.25, -0.2) is 4.98 Å². The van der Waals surface area contributed by atoms with Gasteiger partial charge in [-0.2, -0.15) is 18.4 Å². The number of nitriles is 1. The lowest BCUT2D eigenvalue weighted by atomic mass is 10.2. The summed E-state index contributed by atoms with van der Waals surface area (Å²) in [5.41, 5.74) is 2.41. The Bertz CT molecular complexity index is 1110. The highest BCUT2D eigenvalue weighted by atomic mass is 35.5. The number of aromatic nitrogens is 2. The Morgan fingerprint density at radius 2 is 2.07 bits per heavy atom. The van der Waals surface area contributed by atoms with Crippen LogP contribution < -0.4 is 21.3 Å². The third-order valence-electron chi connectivity index (χ3n) is 3.23. The van der Waals surface area contributed by atoms with Gasteiger partial charge in [0, 0.05) is 11.2 Å². The standard InChI is InChI=1S/C12H5ClF3N3O2.C5H7N3O/c13-7-1-6(4-17)2-8(3-7)21-9-10(12(14,15)16)18-5-19-11(9)20;6-4(9)5-7-2-1-3-8-5/h1-3,5H,(H,18,19,20);1-2H,3H2,(H2,6,9)(H,7,8). The number of primary amides is 1. The molecule has 3 rings (SSSR count). The molecule has 0 saturated heterocycles. The maximum Gasteiger partial charge on any atom is 0.437 e. The molecule has 0 fully saturated rings. The van der Waals surface area contributed by atoms with Gasteiger partial charge in [-0.1, -0.05) is 11.6 Å². The van der Waals surface area contributed by atoms with E-state index in [4.69, 9.17) is 27.3 Å². The maximum absolute atomic E-state index is 12.8. The third-order valence-corrected chi connectivity index (χ3v) is 3.44. The van der Waals surface area contributed by atoms with E-state index in [1.165, 1.54) is 12.1 Å². The second-order valence-corrected chi connectivity index (χ2v) is 5.83. The topological polar surface area (TPSA) is 146 Å². The summed E-state index contributed by atoms with van der Waals surface area (Å²) in [6.07, 6.45) is -0.795. The highest BCUT2D eigenvalue weighted by Crippen LogP contribution is 2.34. The number of rotatable bonds is 3. The molecule has 9 nitrogen and oxygen atoms in total. The fourth-order valence-corrected chi connectivity index (χ4v) is 2.24. The minimum atomic E-state index is -4.86. The molecule has 1 aromatic heterocycles. The summed E-state index contributed by atoms with van der Waals surface area (Å²) in [6.45, 7) is 0.533. The maximum atomic E-state index is 12.8. The van der Waals surface area contributed by atoms with Gasteiger partial charge in [-0.3, -0.25) is 14.6 Å². The van der Waals surface area contributed by atoms with E-state index >= 15 is 0 Å². The molecule has 0 radical (unpaired) electrons. The fraction of sp³-hybridized carbons (Fsp3) is 0.118. The number of nitrogens with two attached hydrogens (primary N) is 1. The molecule has 156 valence electrons. The molecule has 2 aromatic rings. The molecule has 0 unspecified atom stereocenters. The first-order chi connectivity index (χ1) is 14.1. The zero-order valence-corrected chi connectivity index (χ0v) is 15.6. The van der Waals surface area contributed by atoms with Crippen LogP contribution in [-0.4, -0.2) is 28.3 Å². The average Bonchev–Trinajstić information content (AvgIpc) is 2.69. The lowest BCUT2D eigenvalue weighted by molar-refractivity contribution is -0.142. The van der Waals surface area contributed by atoms with Crippen molar-refractivity contribution in [3.05, 3.63) is 63.4 Å². The van der Waals surface area contributed by atoms with E-state index in [9.17, 15) is 22.8 Å². The van der Waals surface area contributed by atoms with Crippen molar-refractivity contribution in [3.63, 3.8) is 0 Å². The summed E-state index contributed by atoms with van der Waals surface area (Å²) in [7, 11) is 0. The molecular weight excluding hydrogens is 429 g/mol. The Hall–Kier alpha value is -3.85. The molecule has 0 aliphatic carbocycles. The zero-order valence-electron chi connectivity index (χ0n) is 14.8. The van der Waals surface area contributed by atoms with Gasteiger partial charge in [0.15, 0.2) is 11.5 Å². The summed E-state index contributed by atoms with van der Waals surface area (Å²) in [6, 6.07) is 5.39. The number of hydrogen-bond donors (Lipinski definition) is 3. The minimum absolute atomic E-state index is 0.0753. The Morgan fingerprint density at radius 3 is 2.60 bits per heavy atom. The number of benzene rings is 1. The fourth-order valence-electron chi connectivity index (χ4n) is 2.02. The molecule has 1 aromatic carbocycles. The second-order valence-electron chi connectivity index (χ2n) is 5.40. The third kappa shape index (κ3) is 6.08. The molecule has 0 saturated carbocycles. The Kier molecular flexibility index (Phi) is 7.16. The first kappa shape index (κ1) is 22.4. The monoisotopic (exact) mass is 440 g/mol. The summed E-state index contributed by atoms with van der Waals surface area (Å²) in [4.78, 5) is 30.7. The van der Waals surface area contributed by atoms with Crippen LogP contribution in [0.4, 0.5) is 13.2 Å². The van der Waals surface area contributed by atoms with E-state index in [-0.39, 0.29) is 22.2 Å². The van der Waals surface area contributed by atoms with E-state index in [1.807, 2.05) is 4.98 Å². The van der Waals surface area contributed by atoms with Crippen LogP contribution in [0, 0.1) is 11.3 Å². The minimum Gasteiger partial charge on any atom is -0.449 e. The Morgan fingerprint density at radius 1 is 1.33 bits per heavy atom. The van der Waals surface area contributed by atoms with Crippen molar-refractivity contribution in [2.45, 2.75) is 6.18 Å². The van der Waals surface area contributed by atoms with Crippen LogP contribution in [0.2, 0.25) is 5.02 Å². The predicted molar refractivity (Wildman–Crippen MR) is 99.9 cm³/mol. The number of amides is 1. The molecule has 13 heteroatoms. The summed E-state index contributed by atoms with van der Waals surface area (Å²) in [5.74, 6) is -1.48. The van der Waals surface area contributed by atoms with Crippen molar-refractivity contribution < 1.29 is 22.7 Å². The quantitative estimate of drug-likeness (QED) is 0.666. The average molecular weight is 441 g/mol. The van der Waals surface area contributed by atoms with E-state index in [0.29, 0.717) is 12.9 Å². The summed E-state index contributed by atoms with van der Waals surface area (Å²) < 4.78 is 43.3. The molecule has 0 bridgehead atoms. The van der Waals surface area contributed by atoms with Crippen LogP contribution in [-0.2, 0) is 11.0 Å². The number of aliphatic imine (C=N–C) groups is 1. The molecule has 0 atom stereocenters. The number of carbonyl (C=O) groups excluding carboxylic acids is 1. The van der Waals surface area contributed by atoms with Gasteiger partial charge in [-0.15, -0.1) is 0 Å². The number of nitrogens with one attached hydrogen (secondary N) is 2. The highest BCUT2D eigenvalue weighted by molar-refractivity contribution is 6.37. The smallest absolute Gasteiger partial charge is 0.437 e. The lowest BCUT2D eigenvalue weighted by Crippen LogP contribution is -2.34. The Balaban J connectivity index is 0.000000297. The van der Waals surface area contributed by atoms with E-state index in [0.717, 1.165) is 6.07 Å². The number of halogens is 4. The van der Waals surface area contributed by atoms with Gasteiger partial charge in [0.1, 0.15) is 5.75 Å². The number of amidine groups is 1. The number of H-pyrrole nitrogens is 1. The van der Waals surface area contributed by atoms with Gasteiger partial charge in [0.05, 0.1) is 24.5 Å². The largest absolute Gasteiger partial charge is 0.449 e. The van der Waals surface area contributed by atoms with Gasteiger partial charge >= 0.3 is 6.18 Å². The number of alkyl halides is 3. The van der Waals surface area contributed by atoms with Crippen LogP contribution >= 0.6 is 11.6 Å². The van der Waals surface area contributed by atoms with Crippen molar-refractivity contribution >= 4 is 23.3 Å². The zero-order chi connectivity index (χ0) is 22.3. The molecular formula is C17H12ClF3N6O3. The molecule has 1 aliphatic rings. The van der Waals surface area contributed by atoms with Gasteiger partial charge < -0.3 is 20.8 Å². The summed E-state index contributed by atoms with van der Waals surface area (Å²) >= 11 is 5.71. The van der Waals surface area contributed by atoms with Crippen molar-refractivity contribution in [2.75, 3.05) is 6.54 Å². The van der Waals surface area contributed by atoms with Crippen LogP contribution in [0.1, 0.15) is 11.3 Å². The Labute approximate surface area is 171 Å². The van der Waals surface area contributed by atoms with Crippen LogP contribution in [0.3, 0.4) is 0 Å². The van der Waals surface area contributed by atoms with Crippen LogP contribution in [0.15, 0.2) is 46.6 Å². The van der Waals surface area contributed by atoms with E-state index < -0.39 is 29.1 Å². The van der Waals surface area contributed by atoms with Crippen molar-refractivity contribution in [1.82, 2.24) is 15.3 Å². The summed E-state index contributed by atoms with van der Waals surface area (Å²) in [5, 5.41) is 11.5. The first-order valence-corrected chi connectivity index (χ1v) is 8.29. The van der Waals surface area contributed by atoms with Crippen LogP contribution in [0.25, 0.3) is 0 Å². The second kappa shape index (κ2) is 9.57. The van der Waals surface area contributed by atoms with E-state index in [1.54, 1.807) is 18.3 Å². The molecule has 30 heavy (non-hydrogen) atoms. The SMILES string of the molecule is N#Cc1cc(Cl)cc(Oc2c(C(F)(F)F)nc[nH]c2=O)c1.NC(=O)C1=NCC=CN1. The van der Waals surface area contributed by atoms with Crippen LogP contribution in [0.5, 0.6) is 11.5 Å². The van der Waals surface area contributed by atoms with Crippen molar-refractivity contribution in [3.8, 4) is 17.6 Å². The number of hydrogen-bond acceptors (Lipinski definition) is 7. The number of aromatic amines is 1. The number of ether oxygens (including phenoxy) is 1. The molecule has 0 spiro atoms. The highest BCUT2D eigenvalue weighted by Gasteiger charge is 2.38. The van der Waals surface area contributed by atoms with Crippen molar-refractivity contribution in [1.29, 1.82) is 5.26 Å². The predicted octanol–water partition coefficient (Wildman–Crippen LogP) is 2.09. The van der Waals surface area contributed by atoms with Gasteiger partial charge in [0.25, 0.3) is 11.5 Å². The normalized spacial score (nSPS) is 12.6. The lowest BCUT2D eigenvalue weighted by Gasteiger charge is -2.11. The molecule has 1 aliphatic heterocycles. The van der Waals surface area contributed by atoms with E-state index in [2.05, 4.69) is 15.3 Å². The molecule has 1 amide bonds. The molecule has 4 N–H and O–H groups in total. The van der Waals surface area contributed by atoms with Gasteiger partial charge in [-0.05, 0) is 24.3 Å².